The fourth-order valence-electron chi connectivity index (χ4n) is 3.70. The lowest BCUT2D eigenvalue weighted by molar-refractivity contribution is -0.136. The molecule has 0 aliphatic rings. The van der Waals surface area contributed by atoms with Crippen molar-refractivity contribution in [3.63, 3.8) is 0 Å². The fraction of sp³-hybridized carbons (Fsp3) is 0.320. The van der Waals surface area contributed by atoms with Crippen LogP contribution in [0.1, 0.15) is 11.3 Å². The van der Waals surface area contributed by atoms with Crippen LogP contribution < -0.4 is 15.4 Å². The summed E-state index contributed by atoms with van der Waals surface area (Å²) in [6.07, 6.45) is -1.31. The van der Waals surface area contributed by atoms with Gasteiger partial charge in [0.15, 0.2) is 17.4 Å². The normalized spacial score (nSPS) is 12.1. The van der Waals surface area contributed by atoms with Crippen molar-refractivity contribution in [2.45, 2.75) is 45.1 Å². The summed E-state index contributed by atoms with van der Waals surface area (Å²) >= 11 is 0. The van der Waals surface area contributed by atoms with Crippen LogP contribution in [0.25, 0.3) is 11.0 Å². The number of rotatable bonds is 10. The molecule has 0 unspecified atom stereocenters. The summed E-state index contributed by atoms with van der Waals surface area (Å²) in [7, 11) is -1.42. The molecule has 2 amide bonds. The largest absolute Gasteiger partial charge is 0.450 e. The van der Waals surface area contributed by atoms with Crippen LogP contribution in [0.3, 0.4) is 0 Å². The summed E-state index contributed by atoms with van der Waals surface area (Å²) in [5, 5.41) is 10.7. The van der Waals surface area contributed by atoms with E-state index in [1.807, 2.05) is 0 Å². The third-order valence-electron chi connectivity index (χ3n) is 5.72. The highest BCUT2D eigenvalue weighted by atomic mass is 28.3. The highest BCUT2D eigenvalue weighted by molar-refractivity contribution is 6.76. The Balaban J connectivity index is 1.56. The Bertz CT molecular complexity index is 1460. The standard InChI is InChI=1S/C25H27F5N6O3Si/c1-40(2,3)9-8-38-14-36-13-17(25(28,29)30)21-20(5-6-31-23(21)36)39-22-18(26)10-16(11-19(22)27)34-24(37)32-12-15-4-7-33-35-15/h4-7,10-11,13H,8-9,12,14H2,1-3H3,(H,33,35)(H2,32,34,37). The first-order chi connectivity index (χ1) is 18.8. The second-order valence-corrected chi connectivity index (χ2v) is 15.7. The molecule has 1 aromatic carbocycles. The summed E-state index contributed by atoms with van der Waals surface area (Å²) in [5.74, 6) is -3.87. The van der Waals surface area contributed by atoms with Gasteiger partial charge in [0.25, 0.3) is 0 Å². The summed E-state index contributed by atoms with van der Waals surface area (Å²) in [5.41, 5.74) is -0.842. The van der Waals surface area contributed by atoms with Gasteiger partial charge in [0.05, 0.1) is 23.2 Å². The Hall–Kier alpha value is -3.98. The highest BCUT2D eigenvalue weighted by Gasteiger charge is 2.37. The number of benzene rings is 1. The summed E-state index contributed by atoms with van der Waals surface area (Å²) in [4.78, 5) is 16.1. The predicted octanol–water partition coefficient (Wildman–Crippen LogP) is 6.48. The summed E-state index contributed by atoms with van der Waals surface area (Å²) in [6, 6.07) is 4.35. The number of amides is 2. The van der Waals surface area contributed by atoms with Gasteiger partial charge >= 0.3 is 12.2 Å². The Labute approximate surface area is 226 Å². The van der Waals surface area contributed by atoms with Gasteiger partial charge < -0.3 is 24.7 Å². The molecule has 3 N–H and O–H groups in total. The lowest BCUT2D eigenvalue weighted by Crippen LogP contribution is -2.28. The SMILES string of the molecule is C[Si](C)(C)CCOCn1cc(C(F)(F)F)c2c(Oc3c(F)cc(NC(=O)NCc4ccn[nH]4)cc3F)ccnc21. The molecule has 15 heteroatoms. The Morgan fingerprint density at radius 2 is 1.85 bits per heavy atom. The molecule has 0 spiro atoms. The van der Waals surface area contributed by atoms with E-state index < -0.39 is 54.4 Å². The van der Waals surface area contributed by atoms with Crippen LogP contribution in [0.15, 0.2) is 42.9 Å². The van der Waals surface area contributed by atoms with Crippen molar-refractivity contribution in [2.24, 2.45) is 0 Å². The van der Waals surface area contributed by atoms with Crippen molar-refractivity contribution in [2.75, 3.05) is 11.9 Å². The van der Waals surface area contributed by atoms with Crippen molar-refractivity contribution in [1.29, 1.82) is 0 Å². The van der Waals surface area contributed by atoms with E-state index in [0.29, 0.717) is 12.3 Å². The van der Waals surface area contributed by atoms with Crippen molar-refractivity contribution in [3.05, 3.63) is 65.7 Å². The molecule has 3 heterocycles. The lowest BCUT2D eigenvalue weighted by atomic mass is 10.2. The van der Waals surface area contributed by atoms with Crippen LogP contribution in [0, 0.1) is 11.6 Å². The molecular weight excluding hydrogens is 555 g/mol. The first-order valence-corrected chi connectivity index (χ1v) is 15.9. The number of carbonyl (C=O) groups excluding carboxylic acids is 1. The smallest absolute Gasteiger partial charge is 0.418 e. The maximum atomic E-state index is 14.9. The minimum atomic E-state index is -4.81. The first-order valence-electron chi connectivity index (χ1n) is 12.1. The Morgan fingerprint density at radius 3 is 2.48 bits per heavy atom. The van der Waals surface area contributed by atoms with Gasteiger partial charge in [0, 0.05) is 51.1 Å². The number of halogens is 5. The van der Waals surface area contributed by atoms with Crippen molar-refractivity contribution < 1.29 is 36.2 Å². The molecule has 4 aromatic rings. The molecule has 9 nitrogen and oxygen atoms in total. The van der Waals surface area contributed by atoms with Crippen LogP contribution in [0.2, 0.25) is 25.7 Å². The first kappa shape index (κ1) is 29.0. The molecular formula is C25H27F5N6O3Si. The molecule has 0 fully saturated rings. The van der Waals surface area contributed by atoms with E-state index in [-0.39, 0.29) is 24.6 Å². The number of aromatic nitrogens is 4. The van der Waals surface area contributed by atoms with Crippen LogP contribution >= 0.6 is 0 Å². The number of ether oxygens (including phenoxy) is 2. The van der Waals surface area contributed by atoms with Crippen LogP contribution in [-0.4, -0.2) is 40.5 Å². The van der Waals surface area contributed by atoms with E-state index in [4.69, 9.17) is 9.47 Å². The van der Waals surface area contributed by atoms with Gasteiger partial charge in [-0.05, 0) is 18.2 Å². The second kappa shape index (κ2) is 11.6. The van der Waals surface area contributed by atoms with Gasteiger partial charge in [-0.2, -0.15) is 18.3 Å². The number of anilines is 1. The number of hydrogen-bond donors (Lipinski definition) is 3. The van der Waals surface area contributed by atoms with Crippen LogP contribution in [0.5, 0.6) is 11.5 Å². The number of alkyl halides is 3. The quantitative estimate of drug-likeness (QED) is 0.113. The van der Waals surface area contributed by atoms with E-state index in [9.17, 15) is 26.7 Å². The lowest BCUT2D eigenvalue weighted by Gasteiger charge is -2.15. The number of aromatic amines is 1. The molecule has 3 aromatic heterocycles. The van der Waals surface area contributed by atoms with E-state index in [1.54, 1.807) is 6.07 Å². The summed E-state index contributed by atoms with van der Waals surface area (Å²) < 4.78 is 83.7. The summed E-state index contributed by atoms with van der Waals surface area (Å²) in [6.45, 7) is 6.69. The fourth-order valence-corrected chi connectivity index (χ4v) is 4.46. The number of H-pyrrole nitrogens is 1. The number of urea groups is 1. The average molecular weight is 583 g/mol. The topological polar surface area (TPSA) is 106 Å². The van der Waals surface area contributed by atoms with Crippen molar-refractivity contribution >= 4 is 30.8 Å². The predicted molar refractivity (Wildman–Crippen MR) is 140 cm³/mol. The van der Waals surface area contributed by atoms with Gasteiger partial charge in [0.1, 0.15) is 18.1 Å². The van der Waals surface area contributed by atoms with Gasteiger partial charge in [-0.1, -0.05) is 19.6 Å². The molecule has 0 aliphatic carbocycles. The van der Waals surface area contributed by atoms with Crippen LogP contribution in [-0.2, 0) is 24.2 Å². The second-order valence-electron chi connectivity index (χ2n) is 10.1. The Kier molecular flexibility index (Phi) is 8.44. The van der Waals surface area contributed by atoms with E-state index in [0.717, 1.165) is 30.4 Å². The molecule has 214 valence electrons. The maximum Gasteiger partial charge on any atom is 0.418 e. The zero-order valence-corrected chi connectivity index (χ0v) is 22.8. The van der Waals surface area contributed by atoms with Crippen molar-refractivity contribution in [3.8, 4) is 11.5 Å². The van der Waals surface area contributed by atoms with E-state index in [2.05, 4.69) is 45.5 Å². The van der Waals surface area contributed by atoms with Crippen molar-refractivity contribution in [1.82, 2.24) is 25.1 Å². The zero-order valence-electron chi connectivity index (χ0n) is 21.8. The van der Waals surface area contributed by atoms with E-state index >= 15 is 0 Å². The third-order valence-corrected chi connectivity index (χ3v) is 7.42. The minimum absolute atomic E-state index is 0.0839. The number of fused-ring (bicyclic) bond motifs is 1. The molecule has 4 rings (SSSR count). The molecule has 0 aliphatic heterocycles. The minimum Gasteiger partial charge on any atom is -0.450 e. The number of nitrogens with zero attached hydrogens (tertiary/aromatic N) is 3. The van der Waals surface area contributed by atoms with Crippen LogP contribution in [0.4, 0.5) is 32.4 Å². The molecule has 0 saturated carbocycles. The average Bonchev–Trinajstić information content (AvgIpc) is 3.51. The molecule has 0 saturated heterocycles. The third kappa shape index (κ3) is 7.15. The zero-order chi connectivity index (χ0) is 29.1. The molecule has 0 atom stereocenters. The molecule has 0 radical (unpaired) electrons. The maximum absolute atomic E-state index is 14.9. The van der Waals surface area contributed by atoms with Gasteiger partial charge in [-0.3, -0.25) is 5.10 Å². The van der Waals surface area contributed by atoms with E-state index in [1.165, 1.54) is 17.0 Å². The number of hydrogen-bond acceptors (Lipinski definition) is 5. The number of nitrogens with one attached hydrogen (secondary N) is 3. The van der Waals surface area contributed by atoms with Gasteiger partial charge in [-0.15, -0.1) is 0 Å². The monoisotopic (exact) mass is 582 g/mol. The Morgan fingerprint density at radius 1 is 1.12 bits per heavy atom. The number of carbonyl (C=O) groups is 1. The molecule has 0 bridgehead atoms. The van der Waals surface area contributed by atoms with Gasteiger partial charge in [0.2, 0.25) is 0 Å². The number of pyridine rings is 1. The van der Waals surface area contributed by atoms with Gasteiger partial charge in [-0.25, -0.2) is 18.6 Å². The highest BCUT2D eigenvalue weighted by Crippen LogP contribution is 2.42. The molecule has 40 heavy (non-hydrogen) atoms.